The van der Waals surface area contributed by atoms with Crippen LogP contribution in [0.3, 0.4) is 0 Å². The molecule has 0 saturated carbocycles. The van der Waals surface area contributed by atoms with Gasteiger partial charge in [0.2, 0.25) is 0 Å². The first kappa shape index (κ1) is 13.2. The average molecular weight is 266 g/mol. The second-order valence-corrected chi connectivity index (χ2v) is 4.20. The van der Waals surface area contributed by atoms with Crippen LogP contribution < -0.4 is 0 Å². The quantitative estimate of drug-likeness (QED) is 0.928. The molecule has 0 atom stereocenters. The van der Waals surface area contributed by atoms with E-state index in [0.29, 0.717) is 11.3 Å². The number of benzene rings is 1. The molecule has 1 aromatic heterocycles. The molecule has 0 aliphatic heterocycles. The Bertz CT molecular complexity index is 636. The van der Waals surface area contributed by atoms with E-state index in [0.717, 1.165) is 0 Å². The third kappa shape index (κ3) is 2.33. The highest BCUT2D eigenvalue weighted by Gasteiger charge is 2.19. The molecule has 0 saturated heterocycles. The molecular weight excluding hydrogens is 254 g/mol. The van der Waals surface area contributed by atoms with Crippen molar-refractivity contribution in [1.29, 1.82) is 0 Å². The maximum atomic E-state index is 12.6. The van der Waals surface area contributed by atoms with Crippen LogP contribution in [-0.2, 0) is 0 Å². The van der Waals surface area contributed by atoms with E-state index in [4.69, 9.17) is 0 Å². The first-order valence-electron chi connectivity index (χ1n) is 5.60. The number of carboxylic acid groups (broad SMARTS) is 1. The standard InChI is InChI=1S/C13H12F2N2O2/c1-7-4-3-5-10(11(7)13(18)19)17-8(2)6-9(16-17)12(14)15/h3-6,12H,1-2H3,(H,18,19). The molecular formula is C13H12F2N2O2. The highest BCUT2D eigenvalue weighted by atomic mass is 19.3. The second-order valence-electron chi connectivity index (χ2n) is 4.20. The number of hydrogen-bond donors (Lipinski definition) is 1. The van der Waals surface area contributed by atoms with Crippen LogP contribution in [0, 0.1) is 13.8 Å². The van der Waals surface area contributed by atoms with E-state index in [1.807, 2.05) is 0 Å². The van der Waals surface area contributed by atoms with Crippen LogP contribution in [0.25, 0.3) is 5.69 Å². The van der Waals surface area contributed by atoms with Gasteiger partial charge in [-0.05, 0) is 31.5 Å². The number of halogens is 2. The molecule has 0 unspecified atom stereocenters. The minimum Gasteiger partial charge on any atom is -0.478 e. The Morgan fingerprint density at radius 3 is 2.58 bits per heavy atom. The number of hydrogen-bond acceptors (Lipinski definition) is 2. The zero-order chi connectivity index (χ0) is 14.2. The molecule has 6 heteroatoms. The summed E-state index contributed by atoms with van der Waals surface area (Å²) >= 11 is 0. The molecule has 2 aromatic rings. The number of aromatic carboxylic acids is 1. The number of nitrogens with zero attached hydrogens (tertiary/aromatic N) is 2. The van der Waals surface area contributed by atoms with Gasteiger partial charge in [0, 0.05) is 5.69 Å². The number of carbonyl (C=O) groups is 1. The first-order valence-corrected chi connectivity index (χ1v) is 5.60. The van der Waals surface area contributed by atoms with Gasteiger partial charge >= 0.3 is 5.97 Å². The van der Waals surface area contributed by atoms with Crippen molar-refractivity contribution in [2.75, 3.05) is 0 Å². The van der Waals surface area contributed by atoms with E-state index in [-0.39, 0.29) is 16.9 Å². The summed E-state index contributed by atoms with van der Waals surface area (Å²) in [5.41, 5.74) is 1.00. The third-order valence-corrected chi connectivity index (χ3v) is 2.82. The summed E-state index contributed by atoms with van der Waals surface area (Å²) < 4.78 is 26.5. The molecule has 2 rings (SSSR count). The zero-order valence-electron chi connectivity index (χ0n) is 10.4. The van der Waals surface area contributed by atoms with Crippen LogP contribution in [0.2, 0.25) is 0 Å². The Labute approximate surface area is 108 Å². The van der Waals surface area contributed by atoms with Crippen molar-refractivity contribution in [3.05, 3.63) is 46.8 Å². The van der Waals surface area contributed by atoms with Gasteiger partial charge in [-0.15, -0.1) is 0 Å². The van der Waals surface area contributed by atoms with Gasteiger partial charge in [-0.25, -0.2) is 18.3 Å². The smallest absolute Gasteiger partial charge is 0.338 e. The molecule has 0 aliphatic carbocycles. The molecule has 100 valence electrons. The summed E-state index contributed by atoms with van der Waals surface area (Å²) in [5, 5.41) is 13.0. The number of aryl methyl sites for hydroxylation is 2. The minimum atomic E-state index is -2.68. The molecule has 19 heavy (non-hydrogen) atoms. The lowest BCUT2D eigenvalue weighted by Gasteiger charge is -2.10. The molecule has 0 radical (unpaired) electrons. The fourth-order valence-electron chi connectivity index (χ4n) is 1.96. The Kier molecular flexibility index (Phi) is 3.33. The number of aromatic nitrogens is 2. The van der Waals surface area contributed by atoms with Crippen LogP contribution in [0.5, 0.6) is 0 Å². The average Bonchev–Trinajstić information content (AvgIpc) is 2.70. The molecule has 0 amide bonds. The SMILES string of the molecule is Cc1cccc(-n2nc(C(F)F)cc2C)c1C(=O)O. The Balaban J connectivity index is 2.65. The van der Waals surface area contributed by atoms with Gasteiger partial charge in [-0.3, -0.25) is 0 Å². The predicted molar refractivity (Wildman–Crippen MR) is 65.0 cm³/mol. The van der Waals surface area contributed by atoms with Gasteiger partial charge in [-0.2, -0.15) is 5.10 Å². The van der Waals surface area contributed by atoms with Crippen molar-refractivity contribution < 1.29 is 18.7 Å². The fourth-order valence-corrected chi connectivity index (χ4v) is 1.96. The van der Waals surface area contributed by atoms with Crippen LogP contribution in [0.15, 0.2) is 24.3 Å². The molecule has 0 bridgehead atoms. The maximum absolute atomic E-state index is 12.6. The van der Waals surface area contributed by atoms with Crippen molar-refractivity contribution in [2.45, 2.75) is 20.3 Å². The highest BCUT2D eigenvalue weighted by Crippen LogP contribution is 2.23. The summed E-state index contributed by atoms with van der Waals surface area (Å²) in [7, 11) is 0. The zero-order valence-corrected chi connectivity index (χ0v) is 10.4. The monoisotopic (exact) mass is 266 g/mol. The van der Waals surface area contributed by atoms with E-state index >= 15 is 0 Å². The van der Waals surface area contributed by atoms with Gasteiger partial charge in [0.15, 0.2) is 0 Å². The number of rotatable bonds is 3. The summed E-state index contributed by atoms with van der Waals surface area (Å²) in [6.07, 6.45) is -2.68. The predicted octanol–water partition coefficient (Wildman–Crippen LogP) is 3.12. The van der Waals surface area contributed by atoms with Gasteiger partial charge in [0.25, 0.3) is 6.43 Å². The number of alkyl halides is 2. The van der Waals surface area contributed by atoms with Crippen molar-refractivity contribution in [1.82, 2.24) is 9.78 Å². The van der Waals surface area contributed by atoms with Crippen molar-refractivity contribution in [3.8, 4) is 5.69 Å². The first-order chi connectivity index (χ1) is 8.91. The Morgan fingerprint density at radius 1 is 1.37 bits per heavy atom. The lowest BCUT2D eigenvalue weighted by Crippen LogP contribution is -2.10. The molecule has 1 heterocycles. The largest absolute Gasteiger partial charge is 0.478 e. The fraction of sp³-hybridized carbons (Fsp3) is 0.231. The van der Waals surface area contributed by atoms with Crippen molar-refractivity contribution >= 4 is 5.97 Å². The van der Waals surface area contributed by atoms with Crippen molar-refractivity contribution in [3.63, 3.8) is 0 Å². The van der Waals surface area contributed by atoms with E-state index in [1.54, 1.807) is 32.0 Å². The van der Waals surface area contributed by atoms with Crippen LogP contribution in [-0.4, -0.2) is 20.9 Å². The topological polar surface area (TPSA) is 55.1 Å². The van der Waals surface area contributed by atoms with E-state index in [2.05, 4.69) is 5.10 Å². The molecule has 4 nitrogen and oxygen atoms in total. The molecule has 1 aromatic carbocycles. The van der Waals surface area contributed by atoms with Crippen LogP contribution in [0.1, 0.15) is 33.7 Å². The Hall–Kier alpha value is -2.24. The van der Waals surface area contributed by atoms with Gasteiger partial charge in [-0.1, -0.05) is 12.1 Å². The van der Waals surface area contributed by atoms with Crippen LogP contribution in [0.4, 0.5) is 8.78 Å². The van der Waals surface area contributed by atoms with Gasteiger partial charge < -0.3 is 5.11 Å². The summed E-state index contributed by atoms with van der Waals surface area (Å²) in [6, 6.07) is 6.12. The third-order valence-electron chi connectivity index (χ3n) is 2.82. The molecule has 1 N–H and O–H groups in total. The normalized spacial score (nSPS) is 11.0. The molecule has 0 spiro atoms. The second kappa shape index (κ2) is 4.79. The maximum Gasteiger partial charge on any atom is 0.338 e. The minimum absolute atomic E-state index is 0.0644. The van der Waals surface area contributed by atoms with E-state index in [1.165, 1.54) is 10.7 Å². The molecule has 0 aliphatic rings. The highest BCUT2D eigenvalue weighted by molar-refractivity contribution is 5.93. The summed E-state index contributed by atoms with van der Waals surface area (Å²) in [4.78, 5) is 11.3. The lowest BCUT2D eigenvalue weighted by atomic mass is 10.1. The summed E-state index contributed by atoms with van der Waals surface area (Å²) in [6.45, 7) is 3.26. The van der Waals surface area contributed by atoms with Gasteiger partial charge in [0.1, 0.15) is 5.69 Å². The Morgan fingerprint density at radius 2 is 2.05 bits per heavy atom. The van der Waals surface area contributed by atoms with E-state index < -0.39 is 12.4 Å². The number of carboxylic acids is 1. The van der Waals surface area contributed by atoms with Crippen LogP contribution >= 0.6 is 0 Å². The van der Waals surface area contributed by atoms with Gasteiger partial charge in [0.05, 0.1) is 11.3 Å². The van der Waals surface area contributed by atoms with Crippen molar-refractivity contribution in [2.24, 2.45) is 0 Å². The lowest BCUT2D eigenvalue weighted by molar-refractivity contribution is 0.0696. The van der Waals surface area contributed by atoms with E-state index in [9.17, 15) is 18.7 Å². The molecule has 0 fully saturated rings. The summed E-state index contributed by atoms with van der Waals surface area (Å²) in [5.74, 6) is -1.11.